The van der Waals surface area contributed by atoms with Crippen LogP contribution in [0.25, 0.3) is 0 Å². The summed E-state index contributed by atoms with van der Waals surface area (Å²) in [6.07, 6.45) is 11.7. The molecule has 1 heterocycles. The van der Waals surface area contributed by atoms with E-state index in [1.165, 1.54) is 18.4 Å². The molecule has 0 atom stereocenters. The van der Waals surface area contributed by atoms with Crippen LogP contribution in [-0.2, 0) is 16.2 Å². The van der Waals surface area contributed by atoms with Gasteiger partial charge in [0.2, 0.25) is 0 Å². The molecule has 2 N–H and O–H groups in total. The van der Waals surface area contributed by atoms with Gasteiger partial charge < -0.3 is 9.67 Å². The molecule has 0 spiro atoms. The molecule has 134 valence electrons. The molecule has 1 aromatic rings. The van der Waals surface area contributed by atoms with Crippen molar-refractivity contribution in [1.82, 2.24) is 15.0 Å². The Morgan fingerprint density at radius 3 is 2.96 bits per heavy atom. The fraction of sp³-hybridized carbons (Fsp3) is 0.667. The van der Waals surface area contributed by atoms with Gasteiger partial charge in [0, 0.05) is 18.8 Å². The zero-order valence-electron chi connectivity index (χ0n) is 14.8. The number of imidazole rings is 1. The van der Waals surface area contributed by atoms with Crippen LogP contribution in [0, 0.1) is 5.41 Å². The summed E-state index contributed by atoms with van der Waals surface area (Å²) in [5.41, 5.74) is 6.00. The van der Waals surface area contributed by atoms with Crippen LogP contribution in [-0.4, -0.2) is 27.2 Å². The number of nitrogens with one attached hydrogen (secondary N) is 1. The van der Waals surface area contributed by atoms with Crippen LogP contribution in [0.15, 0.2) is 30.0 Å². The summed E-state index contributed by atoms with van der Waals surface area (Å²) in [6, 6.07) is 0. The molecular weight excluding hydrogens is 306 g/mol. The van der Waals surface area contributed by atoms with E-state index >= 15 is 0 Å². The average Bonchev–Trinajstić information content (AvgIpc) is 3.01. The highest BCUT2D eigenvalue weighted by Gasteiger charge is 2.26. The lowest BCUT2D eigenvalue weighted by Crippen LogP contribution is -2.25. The van der Waals surface area contributed by atoms with E-state index in [1.807, 2.05) is 17.1 Å². The van der Waals surface area contributed by atoms with Gasteiger partial charge in [-0.1, -0.05) is 13.8 Å². The zero-order chi connectivity index (χ0) is 17.4. The van der Waals surface area contributed by atoms with E-state index in [9.17, 15) is 4.79 Å². The van der Waals surface area contributed by atoms with Gasteiger partial charge in [0.25, 0.3) is 0 Å². The first-order valence-electron chi connectivity index (χ1n) is 8.72. The third-order valence-electron chi connectivity index (χ3n) is 4.43. The SMILES string of the molecule is CC1(C)CCCC(=C(Cn2ccnc2)NOCCCCC(=O)O)C1. The van der Waals surface area contributed by atoms with Gasteiger partial charge in [0.1, 0.15) is 0 Å². The van der Waals surface area contributed by atoms with Crippen molar-refractivity contribution in [3.05, 3.63) is 30.0 Å². The standard InChI is InChI=1S/C18H29N3O3/c1-18(2)8-5-6-15(12-18)16(13-21-10-9-19-14-21)20-24-11-4-3-7-17(22)23/h9-10,14,20H,3-8,11-13H2,1-2H3,(H,22,23). The van der Waals surface area contributed by atoms with Crippen LogP contribution in [0.2, 0.25) is 0 Å². The number of nitrogens with zero attached hydrogens (tertiary/aromatic N) is 2. The highest BCUT2D eigenvalue weighted by atomic mass is 16.6. The fourth-order valence-electron chi connectivity index (χ4n) is 3.16. The number of carbonyl (C=O) groups is 1. The number of unbranched alkanes of at least 4 members (excludes halogenated alkanes) is 1. The van der Waals surface area contributed by atoms with Gasteiger partial charge in [-0.15, -0.1) is 0 Å². The predicted molar refractivity (Wildman–Crippen MR) is 92.1 cm³/mol. The summed E-state index contributed by atoms with van der Waals surface area (Å²) in [5, 5.41) is 8.65. The number of aromatic nitrogens is 2. The number of hydroxylamine groups is 1. The molecule has 1 fully saturated rings. The maximum atomic E-state index is 10.5. The number of rotatable bonds is 9. The lowest BCUT2D eigenvalue weighted by molar-refractivity contribution is -0.137. The molecule has 0 unspecified atom stereocenters. The van der Waals surface area contributed by atoms with Crippen LogP contribution in [0.4, 0.5) is 0 Å². The third-order valence-corrected chi connectivity index (χ3v) is 4.43. The lowest BCUT2D eigenvalue weighted by atomic mass is 9.74. The Hall–Kier alpha value is -1.82. The van der Waals surface area contributed by atoms with Crippen LogP contribution < -0.4 is 5.48 Å². The summed E-state index contributed by atoms with van der Waals surface area (Å²) < 4.78 is 2.03. The maximum Gasteiger partial charge on any atom is 0.303 e. The first kappa shape index (κ1) is 18.5. The Kier molecular flexibility index (Phi) is 6.85. The molecule has 0 bridgehead atoms. The van der Waals surface area contributed by atoms with E-state index in [4.69, 9.17) is 9.94 Å². The Bertz CT molecular complexity index is 550. The molecule has 1 aromatic heterocycles. The summed E-state index contributed by atoms with van der Waals surface area (Å²) in [6.45, 7) is 5.86. The monoisotopic (exact) mass is 335 g/mol. The number of carboxylic acids is 1. The topological polar surface area (TPSA) is 76.4 Å². The molecule has 0 amide bonds. The van der Waals surface area contributed by atoms with E-state index in [0.29, 0.717) is 18.4 Å². The van der Waals surface area contributed by atoms with Crippen molar-refractivity contribution >= 4 is 5.97 Å². The van der Waals surface area contributed by atoms with Gasteiger partial charge in [-0.25, -0.2) is 4.98 Å². The molecule has 24 heavy (non-hydrogen) atoms. The minimum absolute atomic E-state index is 0.195. The van der Waals surface area contributed by atoms with Gasteiger partial charge >= 0.3 is 5.97 Å². The minimum Gasteiger partial charge on any atom is -0.481 e. The first-order chi connectivity index (χ1) is 11.5. The fourth-order valence-corrected chi connectivity index (χ4v) is 3.16. The van der Waals surface area contributed by atoms with E-state index in [2.05, 4.69) is 24.3 Å². The molecule has 0 radical (unpaired) electrons. The van der Waals surface area contributed by atoms with Crippen LogP contribution in [0.3, 0.4) is 0 Å². The average molecular weight is 335 g/mol. The zero-order valence-corrected chi connectivity index (χ0v) is 14.8. The van der Waals surface area contributed by atoms with Crippen LogP contribution in [0.5, 0.6) is 0 Å². The van der Waals surface area contributed by atoms with Crippen molar-refractivity contribution in [2.75, 3.05) is 6.61 Å². The second-order valence-corrected chi connectivity index (χ2v) is 7.31. The number of aliphatic carboxylic acids is 1. The van der Waals surface area contributed by atoms with Crippen molar-refractivity contribution in [3.63, 3.8) is 0 Å². The third kappa shape index (κ3) is 6.35. The molecule has 1 aliphatic carbocycles. The quantitative estimate of drug-likeness (QED) is 0.533. The predicted octanol–water partition coefficient (Wildman–Crippen LogP) is 3.51. The molecule has 1 saturated carbocycles. The van der Waals surface area contributed by atoms with Crippen LogP contribution >= 0.6 is 0 Å². The normalized spacial score (nSPS) is 19.1. The smallest absolute Gasteiger partial charge is 0.303 e. The molecular formula is C18H29N3O3. The highest BCUT2D eigenvalue weighted by molar-refractivity contribution is 5.66. The van der Waals surface area contributed by atoms with E-state index in [0.717, 1.165) is 31.5 Å². The molecule has 0 aromatic carbocycles. The molecule has 1 aliphatic rings. The maximum absolute atomic E-state index is 10.5. The van der Waals surface area contributed by atoms with Crippen LogP contribution in [0.1, 0.15) is 58.8 Å². The molecule has 6 nitrogen and oxygen atoms in total. The molecule has 0 aliphatic heterocycles. The number of hydrogen-bond donors (Lipinski definition) is 2. The Balaban J connectivity index is 1.92. The lowest BCUT2D eigenvalue weighted by Gasteiger charge is -2.33. The van der Waals surface area contributed by atoms with Gasteiger partial charge in [-0.3, -0.25) is 15.1 Å². The summed E-state index contributed by atoms with van der Waals surface area (Å²) in [4.78, 5) is 20.2. The van der Waals surface area contributed by atoms with E-state index in [1.54, 1.807) is 6.20 Å². The Labute approximate surface area is 143 Å². The van der Waals surface area contributed by atoms with Gasteiger partial charge in [-0.05, 0) is 49.5 Å². The first-order valence-corrected chi connectivity index (χ1v) is 8.72. The molecule has 6 heteroatoms. The minimum atomic E-state index is -0.754. The largest absolute Gasteiger partial charge is 0.481 e. The number of carboxylic acid groups (broad SMARTS) is 1. The highest BCUT2D eigenvalue weighted by Crippen LogP contribution is 2.39. The second kappa shape index (κ2) is 8.87. The number of allylic oxidation sites excluding steroid dienone is 2. The van der Waals surface area contributed by atoms with Crippen molar-refractivity contribution in [3.8, 4) is 0 Å². The van der Waals surface area contributed by atoms with E-state index in [-0.39, 0.29) is 6.42 Å². The van der Waals surface area contributed by atoms with Crippen molar-refractivity contribution in [2.24, 2.45) is 5.41 Å². The molecule has 0 saturated heterocycles. The van der Waals surface area contributed by atoms with Crippen molar-refractivity contribution in [2.45, 2.75) is 65.3 Å². The van der Waals surface area contributed by atoms with Gasteiger partial charge in [0.05, 0.1) is 25.2 Å². The summed E-state index contributed by atoms with van der Waals surface area (Å²) >= 11 is 0. The molecule has 2 rings (SSSR count). The van der Waals surface area contributed by atoms with E-state index < -0.39 is 5.97 Å². The second-order valence-electron chi connectivity index (χ2n) is 7.31. The van der Waals surface area contributed by atoms with Gasteiger partial charge in [0.15, 0.2) is 0 Å². The number of hydrogen-bond acceptors (Lipinski definition) is 4. The van der Waals surface area contributed by atoms with Gasteiger partial charge in [-0.2, -0.15) is 0 Å². The summed E-state index contributed by atoms with van der Waals surface area (Å²) in [7, 11) is 0. The Morgan fingerprint density at radius 1 is 1.46 bits per heavy atom. The Morgan fingerprint density at radius 2 is 2.29 bits per heavy atom. The summed E-state index contributed by atoms with van der Waals surface area (Å²) in [5.74, 6) is -0.754. The van der Waals surface area contributed by atoms with Crippen molar-refractivity contribution in [1.29, 1.82) is 0 Å². The van der Waals surface area contributed by atoms with Crippen molar-refractivity contribution < 1.29 is 14.7 Å².